The van der Waals surface area contributed by atoms with E-state index in [2.05, 4.69) is 4.98 Å². The van der Waals surface area contributed by atoms with Crippen LogP contribution in [0.25, 0.3) is 0 Å². The number of nitrogens with zero attached hydrogens (tertiary/aromatic N) is 2. The fraction of sp³-hybridized carbons (Fsp3) is 0.227. The van der Waals surface area contributed by atoms with Gasteiger partial charge in [0.15, 0.2) is 5.69 Å². The second-order valence-corrected chi connectivity index (χ2v) is 7.31. The molecule has 0 aliphatic carbocycles. The van der Waals surface area contributed by atoms with Crippen LogP contribution in [-0.2, 0) is 11.3 Å². The van der Waals surface area contributed by atoms with Gasteiger partial charge in [0.25, 0.3) is 11.5 Å². The number of aromatic nitrogens is 2. The van der Waals surface area contributed by atoms with E-state index in [0.29, 0.717) is 23.6 Å². The Morgan fingerprint density at radius 1 is 1.13 bits per heavy atom. The van der Waals surface area contributed by atoms with Gasteiger partial charge in [-0.1, -0.05) is 41.9 Å². The summed E-state index contributed by atoms with van der Waals surface area (Å²) < 4.78 is 6.32. The van der Waals surface area contributed by atoms with Crippen LogP contribution >= 0.6 is 11.6 Å². The Bertz CT molecular complexity index is 1160. The molecule has 0 saturated carbocycles. The maximum Gasteiger partial charge on any atom is 0.330 e. The Morgan fingerprint density at radius 2 is 1.81 bits per heavy atom. The number of benzene rings is 2. The number of nitrogens with two attached hydrogens (primary N) is 1. The van der Waals surface area contributed by atoms with Gasteiger partial charge in [-0.2, -0.15) is 0 Å². The van der Waals surface area contributed by atoms with Gasteiger partial charge < -0.3 is 15.4 Å². The number of halogens is 1. The van der Waals surface area contributed by atoms with Gasteiger partial charge in [0.05, 0.1) is 6.54 Å². The normalized spacial score (nSPS) is 10.8. The van der Waals surface area contributed by atoms with Crippen molar-refractivity contribution >= 4 is 29.0 Å². The lowest BCUT2D eigenvalue weighted by Gasteiger charge is -2.24. The number of nitrogen functional groups attached to an aromatic ring is 1. The molecule has 3 N–H and O–H groups in total. The number of H-pyrrole nitrogens is 1. The molecule has 1 heterocycles. The van der Waals surface area contributed by atoms with E-state index in [1.165, 1.54) is 9.47 Å². The minimum atomic E-state index is -0.730. The van der Waals surface area contributed by atoms with Gasteiger partial charge in [0, 0.05) is 30.8 Å². The summed E-state index contributed by atoms with van der Waals surface area (Å²) >= 11 is 5.93. The molecule has 0 spiro atoms. The fourth-order valence-electron chi connectivity index (χ4n) is 3.19. The number of carbonyl (C=O) groups excluding carboxylic acids is 1. The predicted octanol–water partition coefficient (Wildman–Crippen LogP) is 2.50. The zero-order valence-corrected chi connectivity index (χ0v) is 17.8. The summed E-state index contributed by atoms with van der Waals surface area (Å²) in [5.74, 6) is -0.521. The lowest BCUT2D eigenvalue weighted by Crippen LogP contribution is -2.42. The van der Waals surface area contributed by atoms with E-state index in [9.17, 15) is 14.4 Å². The predicted molar refractivity (Wildman–Crippen MR) is 121 cm³/mol. The molecule has 3 aromatic rings. The van der Waals surface area contributed by atoms with Crippen LogP contribution in [0.2, 0.25) is 5.02 Å². The van der Waals surface area contributed by atoms with E-state index in [4.69, 9.17) is 22.1 Å². The van der Waals surface area contributed by atoms with Crippen LogP contribution < -0.4 is 21.9 Å². The Kier molecular flexibility index (Phi) is 7.28. The molecule has 0 atom stereocenters. The molecular formula is C22H23ClN4O4. The molecule has 1 amide bonds. The zero-order chi connectivity index (χ0) is 22.4. The van der Waals surface area contributed by atoms with Crippen molar-refractivity contribution in [3.8, 4) is 0 Å². The summed E-state index contributed by atoms with van der Waals surface area (Å²) in [6.07, 6.45) is 0.465. The third-order valence-electron chi connectivity index (χ3n) is 4.73. The standard InChI is InChI=1S/C22H23ClN4O4/c1-31-13-5-12-26(21(29)16-8-10-17(23)11-9-16)18-19(24)27(22(30)25-20(18)28)14-15-6-3-2-4-7-15/h2-4,6-11H,5,12-14,24H2,1H3,(H,25,28,30). The Balaban J connectivity index is 2.08. The van der Waals surface area contributed by atoms with Crippen molar-refractivity contribution in [1.29, 1.82) is 0 Å². The highest BCUT2D eigenvalue weighted by Gasteiger charge is 2.25. The summed E-state index contributed by atoms with van der Waals surface area (Å²) in [4.78, 5) is 42.0. The molecule has 2 aromatic carbocycles. The molecule has 8 nitrogen and oxygen atoms in total. The van der Waals surface area contributed by atoms with Crippen LogP contribution in [0, 0.1) is 0 Å². The highest BCUT2D eigenvalue weighted by Crippen LogP contribution is 2.21. The number of aromatic amines is 1. The topological polar surface area (TPSA) is 110 Å². The number of ether oxygens (including phenoxy) is 1. The number of nitrogens with one attached hydrogen (secondary N) is 1. The molecule has 3 rings (SSSR count). The van der Waals surface area contributed by atoms with Crippen LogP contribution in [0.1, 0.15) is 22.3 Å². The lowest BCUT2D eigenvalue weighted by molar-refractivity contribution is 0.0983. The summed E-state index contributed by atoms with van der Waals surface area (Å²) in [5.41, 5.74) is 5.98. The minimum Gasteiger partial charge on any atom is -0.385 e. The minimum absolute atomic E-state index is 0.0772. The second kappa shape index (κ2) is 10.1. The first kappa shape index (κ1) is 22.3. The van der Waals surface area contributed by atoms with E-state index in [1.54, 1.807) is 31.4 Å². The quantitative estimate of drug-likeness (QED) is 0.521. The van der Waals surface area contributed by atoms with Crippen molar-refractivity contribution < 1.29 is 9.53 Å². The van der Waals surface area contributed by atoms with Crippen molar-refractivity contribution in [3.63, 3.8) is 0 Å². The Morgan fingerprint density at radius 3 is 2.45 bits per heavy atom. The molecule has 0 unspecified atom stereocenters. The smallest absolute Gasteiger partial charge is 0.330 e. The SMILES string of the molecule is COCCCN(C(=O)c1ccc(Cl)cc1)c1c(N)n(Cc2ccccc2)c(=O)[nH]c1=O. The van der Waals surface area contributed by atoms with E-state index >= 15 is 0 Å². The molecule has 0 fully saturated rings. The molecule has 0 radical (unpaired) electrons. The fourth-order valence-corrected chi connectivity index (χ4v) is 3.32. The monoisotopic (exact) mass is 442 g/mol. The molecule has 0 aliphatic heterocycles. The van der Waals surface area contributed by atoms with Crippen LogP contribution in [0.15, 0.2) is 64.2 Å². The van der Waals surface area contributed by atoms with E-state index in [-0.39, 0.29) is 24.6 Å². The average molecular weight is 443 g/mol. The van der Waals surface area contributed by atoms with Gasteiger partial charge in [-0.05, 0) is 36.2 Å². The number of rotatable bonds is 8. The van der Waals surface area contributed by atoms with Gasteiger partial charge >= 0.3 is 5.69 Å². The summed E-state index contributed by atoms with van der Waals surface area (Å²) in [7, 11) is 1.55. The number of anilines is 2. The van der Waals surface area contributed by atoms with Crippen LogP contribution in [0.5, 0.6) is 0 Å². The molecule has 0 saturated heterocycles. The molecule has 1 aromatic heterocycles. The molecule has 0 aliphatic rings. The number of hydrogen-bond acceptors (Lipinski definition) is 5. The summed E-state index contributed by atoms with van der Waals surface area (Å²) in [6, 6.07) is 15.5. The van der Waals surface area contributed by atoms with Crippen molar-refractivity contribution in [2.45, 2.75) is 13.0 Å². The molecule has 9 heteroatoms. The van der Waals surface area contributed by atoms with Crippen LogP contribution in [-0.4, -0.2) is 35.7 Å². The lowest BCUT2D eigenvalue weighted by atomic mass is 10.1. The van der Waals surface area contributed by atoms with E-state index < -0.39 is 17.2 Å². The first-order chi connectivity index (χ1) is 14.9. The average Bonchev–Trinajstić information content (AvgIpc) is 2.76. The van der Waals surface area contributed by atoms with Crippen molar-refractivity contribution in [1.82, 2.24) is 9.55 Å². The first-order valence-electron chi connectivity index (χ1n) is 9.65. The highest BCUT2D eigenvalue weighted by molar-refractivity contribution is 6.30. The largest absolute Gasteiger partial charge is 0.385 e. The van der Waals surface area contributed by atoms with E-state index in [0.717, 1.165) is 5.56 Å². The maximum atomic E-state index is 13.3. The van der Waals surface area contributed by atoms with Gasteiger partial charge in [-0.25, -0.2) is 4.79 Å². The molecule has 31 heavy (non-hydrogen) atoms. The van der Waals surface area contributed by atoms with Crippen LogP contribution in [0.4, 0.5) is 11.5 Å². The summed E-state index contributed by atoms with van der Waals surface area (Å²) in [5, 5.41) is 0.483. The zero-order valence-electron chi connectivity index (χ0n) is 17.0. The summed E-state index contributed by atoms with van der Waals surface area (Å²) in [6.45, 7) is 0.703. The number of methoxy groups -OCH3 is 1. The second-order valence-electron chi connectivity index (χ2n) is 6.87. The molecular weight excluding hydrogens is 420 g/mol. The molecule has 162 valence electrons. The Hall–Kier alpha value is -3.36. The van der Waals surface area contributed by atoms with Crippen LogP contribution in [0.3, 0.4) is 0 Å². The first-order valence-corrected chi connectivity index (χ1v) is 10.0. The number of hydrogen-bond donors (Lipinski definition) is 2. The third kappa shape index (κ3) is 5.22. The Labute approximate surface area is 183 Å². The van der Waals surface area contributed by atoms with E-state index in [1.807, 2.05) is 30.3 Å². The maximum absolute atomic E-state index is 13.3. The number of amides is 1. The van der Waals surface area contributed by atoms with Crippen molar-refractivity contribution in [2.75, 3.05) is 30.9 Å². The molecule has 0 bridgehead atoms. The van der Waals surface area contributed by atoms with Crippen molar-refractivity contribution in [2.24, 2.45) is 0 Å². The van der Waals surface area contributed by atoms with Gasteiger partial charge in [-0.15, -0.1) is 0 Å². The van der Waals surface area contributed by atoms with Gasteiger partial charge in [0.1, 0.15) is 5.82 Å². The highest BCUT2D eigenvalue weighted by atomic mass is 35.5. The third-order valence-corrected chi connectivity index (χ3v) is 4.99. The number of carbonyl (C=O) groups is 1. The van der Waals surface area contributed by atoms with Crippen molar-refractivity contribution in [3.05, 3.63) is 91.6 Å². The van der Waals surface area contributed by atoms with Gasteiger partial charge in [-0.3, -0.25) is 19.1 Å². The van der Waals surface area contributed by atoms with Gasteiger partial charge in [0.2, 0.25) is 0 Å².